The van der Waals surface area contributed by atoms with Gasteiger partial charge in [0.05, 0.1) is 11.9 Å². The molecular formula is C28H41N3O4S. The lowest BCUT2D eigenvalue weighted by molar-refractivity contribution is -0.140. The zero-order valence-electron chi connectivity index (χ0n) is 22.6. The van der Waals surface area contributed by atoms with Crippen LogP contribution in [0.4, 0.5) is 5.69 Å². The van der Waals surface area contributed by atoms with Crippen molar-refractivity contribution in [1.29, 1.82) is 0 Å². The number of carbonyl (C=O) groups is 2. The number of benzene rings is 2. The molecule has 0 heterocycles. The third-order valence-corrected chi connectivity index (χ3v) is 7.42. The highest BCUT2D eigenvalue weighted by Gasteiger charge is 2.32. The van der Waals surface area contributed by atoms with E-state index < -0.39 is 28.5 Å². The van der Waals surface area contributed by atoms with Crippen molar-refractivity contribution in [2.75, 3.05) is 17.1 Å². The Kier molecular flexibility index (Phi) is 10.1. The Bertz CT molecular complexity index is 1110. The molecule has 0 bridgehead atoms. The first-order chi connectivity index (χ1) is 16.8. The summed E-state index contributed by atoms with van der Waals surface area (Å²) in [6, 6.07) is 15.9. The molecule has 2 aromatic rings. The molecule has 8 heteroatoms. The Morgan fingerprint density at radius 1 is 0.944 bits per heavy atom. The van der Waals surface area contributed by atoms with E-state index in [4.69, 9.17) is 0 Å². The van der Waals surface area contributed by atoms with E-state index in [2.05, 4.69) is 26.1 Å². The normalized spacial score (nSPS) is 13.5. The number of amides is 2. The van der Waals surface area contributed by atoms with Crippen LogP contribution in [0.3, 0.4) is 0 Å². The second kappa shape index (κ2) is 12.4. The molecule has 36 heavy (non-hydrogen) atoms. The number of rotatable bonds is 11. The van der Waals surface area contributed by atoms with E-state index in [0.29, 0.717) is 12.1 Å². The summed E-state index contributed by atoms with van der Waals surface area (Å²) in [7, 11) is -3.76. The van der Waals surface area contributed by atoms with Crippen LogP contribution in [-0.2, 0) is 31.6 Å². The largest absolute Gasteiger partial charge is 0.352 e. The fourth-order valence-corrected chi connectivity index (χ4v) is 4.73. The van der Waals surface area contributed by atoms with Gasteiger partial charge in [-0.05, 0) is 48.4 Å². The van der Waals surface area contributed by atoms with Gasteiger partial charge in [-0.1, -0.05) is 77.1 Å². The predicted octanol–water partition coefficient (Wildman–Crippen LogP) is 4.47. The van der Waals surface area contributed by atoms with Crippen molar-refractivity contribution >= 4 is 27.5 Å². The first-order valence-electron chi connectivity index (χ1n) is 12.5. The van der Waals surface area contributed by atoms with E-state index in [1.807, 2.05) is 63.2 Å². The van der Waals surface area contributed by atoms with Crippen molar-refractivity contribution in [2.45, 2.75) is 78.4 Å². The quantitative estimate of drug-likeness (QED) is 0.478. The minimum atomic E-state index is -3.76. The lowest BCUT2D eigenvalue weighted by Crippen LogP contribution is -2.53. The molecule has 2 aromatic carbocycles. The third-order valence-electron chi connectivity index (χ3n) is 6.28. The second-order valence-corrected chi connectivity index (χ2v) is 12.2. The zero-order chi connectivity index (χ0) is 27.1. The van der Waals surface area contributed by atoms with E-state index in [-0.39, 0.29) is 23.9 Å². The number of sulfonamides is 1. The highest BCUT2D eigenvalue weighted by molar-refractivity contribution is 7.92. The summed E-state index contributed by atoms with van der Waals surface area (Å²) in [5.74, 6) is -0.674. The molecule has 0 aliphatic carbocycles. The molecule has 0 saturated heterocycles. The van der Waals surface area contributed by atoms with Crippen LogP contribution in [0.15, 0.2) is 54.6 Å². The van der Waals surface area contributed by atoms with Gasteiger partial charge in [0.15, 0.2) is 0 Å². The first kappa shape index (κ1) is 29.4. The van der Waals surface area contributed by atoms with Crippen LogP contribution >= 0.6 is 0 Å². The Morgan fingerprint density at radius 2 is 1.53 bits per heavy atom. The van der Waals surface area contributed by atoms with E-state index in [1.54, 1.807) is 12.1 Å². The molecule has 0 aromatic heterocycles. The molecule has 198 valence electrons. The molecule has 2 rings (SSSR count). The molecule has 2 amide bonds. The maximum atomic E-state index is 13.7. The van der Waals surface area contributed by atoms with Gasteiger partial charge in [-0.25, -0.2) is 8.42 Å². The molecule has 7 nitrogen and oxygen atoms in total. The van der Waals surface area contributed by atoms with E-state index >= 15 is 0 Å². The maximum absolute atomic E-state index is 13.7. The van der Waals surface area contributed by atoms with Gasteiger partial charge < -0.3 is 10.2 Å². The molecule has 2 unspecified atom stereocenters. The minimum Gasteiger partial charge on any atom is -0.352 e. The maximum Gasteiger partial charge on any atom is 0.244 e. The lowest BCUT2D eigenvalue weighted by atomic mass is 9.87. The average Bonchev–Trinajstić information content (AvgIpc) is 2.81. The molecule has 1 N–H and O–H groups in total. The molecule has 0 radical (unpaired) electrons. The van der Waals surface area contributed by atoms with Crippen LogP contribution in [0, 0.1) is 0 Å². The smallest absolute Gasteiger partial charge is 0.244 e. The minimum absolute atomic E-state index is 0.0333. The van der Waals surface area contributed by atoms with Gasteiger partial charge in [0.2, 0.25) is 21.8 Å². The van der Waals surface area contributed by atoms with Crippen molar-refractivity contribution < 1.29 is 18.0 Å². The van der Waals surface area contributed by atoms with Gasteiger partial charge in [-0.3, -0.25) is 13.9 Å². The third kappa shape index (κ3) is 8.08. The average molecular weight is 516 g/mol. The summed E-state index contributed by atoms with van der Waals surface area (Å²) in [4.78, 5) is 28.3. The van der Waals surface area contributed by atoms with Crippen molar-refractivity contribution in [3.8, 4) is 0 Å². The number of nitrogens with zero attached hydrogens (tertiary/aromatic N) is 2. The Morgan fingerprint density at radius 3 is 2.00 bits per heavy atom. The lowest BCUT2D eigenvalue weighted by Gasteiger charge is -2.33. The highest BCUT2D eigenvalue weighted by Crippen LogP contribution is 2.26. The van der Waals surface area contributed by atoms with Crippen LogP contribution < -0.4 is 9.62 Å². The number of anilines is 1. The number of nitrogens with one attached hydrogen (secondary N) is 1. The molecule has 0 spiro atoms. The van der Waals surface area contributed by atoms with Crippen LogP contribution in [0.2, 0.25) is 0 Å². The summed E-state index contributed by atoms with van der Waals surface area (Å²) >= 11 is 0. The van der Waals surface area contributed by atoms with Crippen molar-refractivity contribution in [1.82, 2.24) is 10.2 Å². The van der Waals surface area contributed by atoms with Crippen LogP contribution in [0.25, 0.3) is 0 Å². The van der Waals surface area contributed by atoms with Crippen LogP contribution in [0.1, 0.15) is 65.5 Å². The molecule has 0 aliphatic rings. The van der Waals surface area contributed by atoms with Gasteiger partial charge in [0.25, 0.3) is 0 Å². The van der Waals surface area contributed by atoms with E-state index in [0.717, 1.165) is 28.1 Å². The van der Waals surface area contributed by atoms with Crippen molar-refractivity contribution in [2.24, 2.45) is 0 Å². The summed E-state index contributed by atoms with van der Waals surface area (Å²) in [5.41, 5.74) is 2.25. The van der Waals surface area contributed by atoms with Crippen molar-refractivity contribution in [3.63, 3.8) is 0 Å². The summed E-state index contributed by atoms with van der Waals surface area (Å²) in [5, 5.41) is 2.97. The Balaban J connectivity index is 2.42. The predicted molar refractivity (Wildman–Crippen MR) is 146 cm³/mol. The monoisotopic (exact) mass is 515 g/mol. The Hall–Kier alpha value is -2.87. The van der Waals surface area contributed by atoms with Crippen molar-refractivity contribution in [3.05, 3.63) is 65.7 Å². The van der Waals surface area contributed by atoms with E-state index in [9.17, 15) is 18.0 Å². The second-order valence-electron chi connectivity index (χ2n) is 10.3. The topological polar surface area (TPSA) is 86.8 Å². The van der Waals surface area contributed by atoms with Gasteiger partial charge in [-0.15, -0.1) is 0 Å². The highest BCUT2D eigenvalue weighted by atomic mass is 32.2. The zero-order valence-corrected chi connectivity index (χ0v) is 23.4. The fourth-order valence-electron chi connectivity index (χ4n) is 3.88. The van der Waals surface area contributed by atoms with Gasteiger partial charge in [0.1, 0.15) is 12.6 Å². The summed E-state index contributed by atoms with van der Waals surface area (Å²) < 4.78 is 26.6. The summed E-state index contributed by atoms with van der Waals surface area (Å²) in [6.45, 7) is 11.8. The molecule has 0 saturated carbocycles. The molecule has 2 atom stereocenters. The summed E-state index contributed by atoms with van der Waals surface area (Å²) in [6.07, 6.45) is 2.26. The van der Waals surface area contributed by atoms with Crippen LogP contribution in [-0.4, -0.2) is 50.0 Å². The van der Waals surface area contributed by atoms with Gasteiger partial charge in [0, 0.05) is 12.6 Å². The Labute approximate surface area is 216 Å². The molecule has 0 aliphatic heterocycles. The number of hydrogen-bond donors (Lipinski definition) is 1. The van der Waals surface area contributed by atoms with Gasteiger partial charge in [-0.2, -0.15) is 0 Å². The fraction of sp³-hybridized carbons (Fsp3) is 0.500. The standard InChI is InChI=1S/C28H41N3O4S/c1-8-21(3)29-27(33)25(9-2)30(19-22-13-11-10-12-14-22)26(32)20-31(36(7,34)35)24-17-15-23(16-18-24)28(4,5)6/h10-18,21,25H,8-9,19-20H2,1-7H3,(H,29,33). The SMILES string of the molecule is CCC(C)NC(=O)C(CC)N(Cc1ccccc1)C(=O)CN(c1ccc(C(C)(C)C)cc1)S(C)(=O)=O. The number of carbonyl (C=O) groups excluding carboxylic acids is 2. The van der Waals surface area contributed by atoms with Crippen LogP contribution in [0.5, 0.6) is 0 Å². The number of hydrogen-bond acceptors (Lipinski definition) is 4. The first-order valence-corrected chi connectivity index (χ1v) is 14.3. The van der Waals surface area contributed by atoms with Gasteiger partial charge >= 0.3 is 0 Å². The van der Waals surface area contributed by atoms with E-state index in [1.165, 1.54) is 4.90 Å². The molecule has 0 fully saturated rings. The molecular weight excluding hydrogens is 474 g/mol.